The maximum Gasteiger partial charge on any atom is 0.0945 e. The van der Waals surface area contributed by atoms with Crippen LogP contribution in [0.4, 0.5) is 5.69 Å². The molecule has 4 nitrogen and oxygen atoms in total. The molecule has 0 saturated heterocycles. The molecule has 0 saturated carbocycles. The van der Waals surface area contributed by atoms with E-state index in [2.05, 4.69) is 39.7 Å². The zero-order valence-electron chi connectivity index (χ0n) is 10.8. The predicted molar refractivity (Wildman–Crippen MR) is 74.4 cm³/mol. The topological polar surface area (TPSA) is 47.1 Å². The summed E-state index contributed by atoms with van der Waals surface area (Å²) < 4.78 is 2.10. The van der Waals surface area contributed by atoms with E-state index < -0.39 is 0 Å². The number of aryl methyl sites for hydroxylation is 1. The van der Waals surface area contributed by atoms with E-state index in [1.165, 1.54) is 11.3 Å². The molecule has 96 valence electrons. The van der Waals surface area contributed by atoms with Gasteiger partial charge in [-0.15, -0.1) is 0 Å². The predicted octanol–water partition coefficient (Wildman–Crippen LogP) is 1.87. The molecule has 1 aromatic carbocycles. The highest BCUT2D eigenvalue weighted by molar-refractivity contribution is 5.52. The van der Waals surface area contributed by atoms with Gasteiger partial charge in [-0.25, -0.2) is 4.98 Å². The monoisotopic (exact) mass is 244 g/mol. The second kappa shape index (κ2) is 6.21. The fraction of sp³-hybridized carbons (Fsp3) is 0.357. The molecule has 0 atom stereocenters. The van der Waals surface area contributed by atoms with Crippen LogP contribution in [0.3, 0.4) is 0 Å². The van der Waals surface area contributed by atoms with Crippen molar-refractivity contribution in [3.8, 4) is 0 Å². The van der Waals surface area contributed by atoms with Crippen LogP contribution in [-0.4, -0.2) is 23.1 Å². The highest BCUT2D eigenvalue weighted by atomic mass is 15.1. The summed E-state index contributed by atoms with van der Waals surface area (Å²) in [5.74, 6) is 0. The van der Waals surface area contributed by atoms with Gasteiger partial charge in [0.1, 0.15) is 0 Å². The molecule has 0 aliphatic carbocycles. The van der Waals surface area contributed by atoms with Gasteiger partial charge in [-0.3, -0.25) is 0 Å². The molecule has 0 amide bonds. The van der Waals surface area contributed by atoms with E-state index in [-0.39, 0.29) is 0 Å². The molecule has 2 aromatic rings. The first kappa shape index (κ1) is 12.6. The lowest BCUT2D eigenvalue weighted by Gasteiger charge is -2.22. The summed E-state index contributed by atoms with van der Waals surface area (Å²) in [5.41, 5.74) is 8.18. The van der Waals surface area contributed by atoms with E-state index >= 15 is 0 Å². The van der Waals surface area contributed by atoms with Crippen molar-refractivity contribution in [2.24, 2.45) is 5.73 Å². The third kappa shape index (κ3) is 3.11. The summed E-state index contributed by atoms with van der Waals surface area (Å²) in [6.07, 6.45) is 6.75. The number of benzene rings is 1. The third-order valence-corrected chi connectivity index (χ3v) is 3.09. The highest BCUT2D eigenvalue weighted by Gasteiger charge is 2.05. The van der Waals surface area contributed by atoms with Crippen LogP contribution in [0.1, 0.15) is 12.0 Å². The molecule has 0 aliphatic rings. The van der Waals surface area contributed by atoms with Crippen LogP contribution in [0.25, 0.3) is 0 Å². The van der Waals surface area contributed by atoms with Crippen molar-refractivity contribution in [1.29, 1.82) is 0 Å². The lowest BCUT2D eigenvalue weighted by molar-refractivity contribution is 0.637. The Labute approximate surface area is 108 Å². The van der Waals surface area contributed by atoms with E-state index in [0.29, 0.717) is 6.54 Å². The second-order valence-corrected chi connectivity index (χ2v) is 4.41. The van der Waals surface area contributed by atoms with E-state index in [9.17, 15) is 0 Å². The van der Waals surface area contributed by atoms with Crippen molar-refractivity contribution in [1.82, 2.24) is 9.55 Å². The standard InChI is InChI=1S/C14H20N4/c1-17(8-4-9-18-10-7-16-12-18)14-6-3-2-5-13(14)11-15/h2-3,5-7,10,12H,4,8-9,11,15H2,1H3. The molecule has 1 aromatic heterocycles. The maximum absolute atomic E-state index is 5.76. The quantitative estimate of drug-likeness (QED) is 0.844. The first-order valence-corrected chi connectivity index (χ1v) is 6.26. The van der Waals surface area contributed by atoms with Gasteiger partial charge in [-0.1, -0.05) is 18.2 Å². The van der Waals surface area contributed by atoms with Crippen molar-refractivity contribution in [2.45, 2.75) is 19.5 Å². The Morgan fingerprint density at radius 1 is 1.33 bits per heavy atom. The van der Waals surface area contributed by atoms with Gasteiger partial charge >= 0.3 is 0 Å². The highest BCUT2D eigenvalue weighted by Crippen LogP contribution is 2.18. The minimum atomic E-state index is 0.585. The van der Waals surface area contributed by atoms with Gasteiger partial charge in [0.25, 0.3) is 0 Å². The van der Waals surface area contributed by atoms with E-state index in [0.717, 1.165) is 19.5 Å². The number of nitrogens with two attached hydrogens (primary N) is 1. The Hall–Kier alpha value is -1.81. The van der Waals surface area contributed by atoms with Crippen LogP contribution in [-0.2, 0) is 13.1 Å². The average Bonchev–Trinajstić information content (AvgIpc) is 2.91. The van der Waals surface area contributed by atoms with Gasteiger partial charge in [0.15, 0.2) is 0 Å². The number of rotatable bonds is 6. The molecule has 4 heteroatoms. The lowest BCUT2D eigenvalue weighted by atomic mass is 10.1. The van der Waals surface area contributed by atoms with Crippen LogP contribution in [0.2, 0.25) is 0 Å². The average molecular weight is 244 g/mol. The Morgan fingerprint density at radius 2 is 2.17 bits per heavy atom. The molecule has 0 bridgehead atoms. The minimum Gasteiger partial charge on any atom is -0.374 e. The van der Waals surface area contributed by atoms with Gasteiger partial charge in [0.05, 0.1) is 6.33 Å². The second-order valence-electron chi connectivity index (χ2n) is 4.41. The molecule has 0 fully saturated rings. The minimum absolute atomic E-state index is 0.585. The summed E-state index contributed by atoms with van der Waals surface area (Å²) in [6.45, 7) is 2.59. The van der Waals surface area contributed by atoms with Crippen LogP contribution >= 0.6 is 0 Å². The summed E-state index contributed by atoms with van der Waals surface area (Å²) in [5, 5.41) is 0. The zero-order chi connectivity index (χ0) is 12.8. The number of hydrogen-bond acceptors (Lipinski definition) is 3. The number of imidazole rings is 1. The molecule has 2 N–H and O–H groups in total. The van der Waals surface area contributed by atoms with Crippen LogP contribution in [0.5, 0.6) is 0 Å². The summed E-state index contributed by atoms with van der Waals surface area (Å²) in [4.78, 5) is 6.30. The molecule has 0 radical (unpaired) electrons. The third-order valence-electron chi connectivity index (χ3n) is 3.09. The smallest absolute Gasteiger partial charge is 0.0945 e. The molecule has 1 heterocycles. The number of aromatic nitrogens is 2. The fourth-order valence-electron chi connectivity index (χ4n) is 2.09. The molecule has 0 aliphatic heterocycles. The van der Waals surface area contributed by atoms with E-state index in [1.807, 2.05) is 24.8 Å². The van der Waals surface area contributed by atoms with Gasteiger partial charge in [-0.2, -0.15) is 0 Å². The maximum atomic E-state index is 5.76. The summed E-state index contributed by atoms with van der Waals surface area (Å²) >= 11 is 0. The molecule has 18 heavy (non-hydrogen) atoms. The molecular formula is C14H20N4. The molecule has 0 spiro atoms. The zero-order valence-corrected chi connectivity index (χ0v) is 10.8. The lowest BCUT2D eigenvalue weighted by Crippen LogP contribution is -2.21. The number of para-hydroxylation sites is 1. The van der Waals surface area contributed by atoms with Crippen molar-refractivity contribution in [2.75, 3.05) is 18.5 Å². The van der Waals surface area contributed by atoms with Crippen molar-refractivity contribution in [3.63, 3.8) is 0 Å². The Balaban J connectivity index is 1.89. The number of hydrogen-bond donors (Lipinski definition) is 1. The molecular weight excluding hydrogens is 224 g/mol. The SMILES string of the molecule is CN(CCCn1ccnc1)c1ccccc1CN. The van der Waals surface area contributed by atoms with Gasteiger partial charge in [0.2, 0.25) is 0 Å². The van der Waals surface area contributed by atoms with Crippen molar-refractivity contribution in [3.05, 3.63) is 48.5 Å². The van der Waals surface area contributed by atoms with Crippen molar-refractivity contribution < 1.29 is 0 Å². The number of anilines is 1. The van der Waals surface area contributed by atoms with Crippen LogP contribution in [0.15, 0.2) is 43.0 Å². The Morgan fingerprint density at radius 3 is 2.89 bits per heavy atom. The summed E-state index contributed by atoms with van der Waals surface area (Å²) in [6, 6.07) is 8.30. The largest absolute Gasteiger partial charge is 0.374 e. The Kier molecular flexibility index (Phi) is 4.36. The molecule has 0 unspecified atom stereocenters. The van der Waals surface area contributed by atoms with Gasteiger partial charge in [-0.05, 0) is 18.1 Å². The van der Waals surface area contributed by atoms with Gasteiger partial charge < -0.3 is 15.2 Å². The van der Waals surface area contributed by atoms with Crippen molar-refractivity contribution >= 4 is 5.69 Å². The van der Waals surface area contributed by atoms with Crippen LogP contribution in [0, 0.1) is 0 Å². The normalized spacial score (nSPS) is 10.6. The fourth-order valence-corrected chi connectivity index (χ4v) is 2.09. The summed E-state index contributed by atoms with van der Waals surface area (Å²) in [7, 11) is 2.11. The first-order valence-electron chi connectivity index (χ1n) is 6.26. The Bertz CT molecular complexity index is 464. The molecule has 2 rings (SSSR count). The number of nitrogens with zero attached hydrogens (tertiary/aromatic N) is 3. The van der Waals surface area contributed by atoms with E-state index in [1.54, 1.807) is 0 Å². The first-order chi connectivity index (χ1) is 8.81. The van der Waals surface area contributed by atoms with E-state index in [4.69, 9.17) is 5.73 Å². The van der Waals surface area contributed by atoms with Gasteiger partial charge in [0, 0.05) is 44.8 Å². The van der Waals surface area contributed by atoms with Crippen LogP contribution < -0.4 is 10.6 Å².